The topological polar surface area (TPSA) is 91.8 Å². The number of nitrogens with one attached hydrogen (secondary N) is 1. The summed E-state index contributed by atoms with van der Waals surface area (Å²) in [6.45, 7) is 4.71. The molecule has 0 radical (unpaired) electrons. The fraction of sp³-hybridized carbons (Fsp3) is 0.476. The molecule has 7 nitrogen and oxygen atoms in total. The number of amides is 2. The highest BCUT2D eigenvalue weighted by molar-refractivity contribution is 8.00. The van der Waals surface area contributed by atoms with Crippen molar-refractivity contribution in [2.45, 2.75) is 25.5 Å². The molecule has 0 aliphatic carbocycles. The second kappa shape index (κ2) is 10.3. The van der Waals surface area contributed by atoms with Gasteiger partial charge in [0.05, 0.1) is 6.20 Å². The van der Waals surface area contributed by atoms with Crippen molar-refractivity contribution in [3.63, 3.8) is 0 Å². The first-order chi connectivity index (χ1) is 15.5. The van der Waals surface area contributed by atoms with Gasteiger partial charge in [0.15, 0.2) is 0 Å². The minimum absolute atomic E-state index is 0.0541. The number of hydrogen-bond acceptors (Lipinski definition) is 7. The first-order valence-corrected chi connectivity index (χ1v) is 12.0. The van der Waals surface area contributed by atoms with Crippen molar-refractivity contribution >= 4 is 34.9 Å². The van der Waals surface area contributed by atoms with Gasteiger partial charge in [0, 0.05) is 43.0 Å². The predicted octanol–water partition coefficient (Wildman–Crippen LogP) is 3.40. The minimum atomic E-state index is -4.77. The number of carbonyl (C=O) groups is 2. The molecule has 3 rings (SSSR count). The summed E-state index contributed by atoms with van der Waals surface area (Å²) < 4.78 is 40.8. The molecule has 180 valence electrons. The van der Waals surface area contributed by atoms with Gasteiger partial charge in [-0.25, -0.2) is 4.98 Å². The van der Waals surface area contributed by atoms with E-state index in [-0.39, 0.29) is 30.7 Å². The Hall–Kier alpha value is -2.31. The average Bonchev–Trinajstić information content (AvgIpc) is 3.27. The fourth-order valence-corrected chi connectivity index (χ4v) is 4.97. The number of aliphatic hydroxyl groups is 1. The zero-order valence-electron chi connectivity index (χ0n) is 18.0. The van der Waals surface area contributed by atoms with Crippen molar-refractivity contribution in [3.8, 4) is 16.3 Å². The van der Waals surface area contributed by atoms with Crippen LogP contribution >= 0.6 is 23.1 Å². The zero-order chi connectivity index (χ0) is 24.2. The lowest BCUT2D eigenvalue weighted by molar-refractivity contribution is -0.274. The summed E-state index contributed by atoms with van der Waals surface area (Å²) in [6.07, 6.45) is -3.33. The molecule has 0 bridgehead atoms. The zero-order valence-corrected chi connectivity index (χ0v) is 19.6. The SMILES string of the molecule is CC(C)(CO)CNC(=O)C1CN(C(=O)c2cnc(-c3ccc(OC(F)(F)F)cc3)s2)CCS1. The highest BCUT2D eigenvalue weighted by atomic mass is 32.2. The Balaban J connectivity index is 1.62. The highest BCUT2D eigenvalue weighted by Gasteiger charge is 2.32. The van der Waals surface area contributed by atoms with E-state index in [0.717, 1.165) is 11.3 Å². The summed E-state index contributed by atoms with van der Waals surface area (Å²) in [4.78, 5) is 31.7. The molecular weight excluding hydrogens is 479 g/mol. The Labute approximate surface area is 197 Å². The molecule has 0 saturated carbocycles. The van der Waals surface area contributed by atoms with Gasteiger partial charge in [-0.2, -0.15) is 0 Å². The van der Waals surface area contributed by atoms with Crippen LogP contribution < -0.4 is 10.1 Å². The maximum Gasteiger partial charge on any atom is 0.573 e. The summed E-state index contributed by atoms with van der Waals surface area (Å²) in [6, 6.07) is 5.27. The van der Waals surface area contributed by atoms with Gasteiger partial charge in [0.2, 0.25) is 5.91 Å². The Kier molecular flexibility index (Phi) is 7.91. The van der Waals surface area contributed by atoms with Crippen LogP contribution in [0.15, 0.2) is 30.5 Å². The summed E-state index contributed by atoms with van der Waals surface area (Å²) >= 11 is 2.61. The first-order valence-electron chi connectivity index (χ1n) is 10.1. The molecule has 0 spiro atoms. The number of thioether (sulfide) groups is 1. The van der Waals surface area contributed by atoms with Crippen molar-refractivity contribution in [2.24, 2.45) is 5.41 Å². The molecule has 33 heavy (non-hydrogen) atoms. The van der Waals surface area contributed by atoms with E-state index in [1.54, 1.807) is 4.90 Å². The second-order valence-corrected chi connectivity index (χ2v) is 10.6. The van der Waals surface area contributed by atoms with Crippen molar-refractivity contribution in [2.75, 3.05) is 32.0 Å². The van der Waals surface area contributed by atoms with Crippen LogP contribution in [0.3, 0.4) is 0 Å². The van der Waals surface area contributed by atoms with E-state index in [2.05, 4.69) is 15.0 Å². The van der Waals surface area contributed by atoms with E-state index < -0.39 is 17.0 Å². The Morgan fingerprint density at radius 1 is 1.27 bits per heavy atom. The molecule has 1 atom stereocenters. The number of hydrogen-bond donors (Lipinski definition) is 2. The number of nitrogens with zero attached hydrogens (tertiary/aromatic N) is 2. The lowest BCUT2D eigenvalue weighted by atomic mass is 9.95. The van der Waals surface area contributed by atoms with E-state index in [1.165, 1.54) is 42.2 Å². The van der Waals surface area contributed by atoms with Gasteiger partial charge in [0.1, 0.15) is 20.9 Å². The van der Waals surface area contributed by atoms with E-state index in [1.807, 2.05) is 13.8 Å². The molecular formula is C21H24F3N3O4S2. The number of carbonyl (C=O) groups excluding carboxylic acids is 2. The molecule has 1 unspecified atom stereocenters. The standard InChI is InChI=1S/C21H24F3N3O4S2/c1-20(2,12-28)11-26-17(29)16-10-27(7-8-32-16)19(30)15-9-25-18(33-15)13-3-5-14(6-4-13)31-21(22,23)24/h3-6,9,16,28H,7-8,10-12H2,1-2H3,(H,26,29). The van der Waals surface area contributed by atoms with Crippen molar-refractivity contribution in [1.82, 2.24) is 15.2 Å². The minimum Gasteiger partial charge on any atom is -0.406 e. The molecule has 1 aliphatic rings. The third-order valence-electron chi connectivity index (χ3n) is 4.87. The van der Waals surface area contributed by atoms with Crippen LogP contribution in [-0.2, 0) is 4.79 Å². The summed E-state index contributed by atoms with van der Waals surface area (Å²) in [7, 11) is 0. The number of aromatic nitrogens is 1. The largest absolute Gasteiger partial charge is 0.573 e. The average molecular weight is 504 g/mol. The van der Waals surface area contributed by atoms with Crippen LogP contribution in [0.5, 0.6) is 5.75 Å². The van der Waals surface area contributed by atoms with Gasteiger partial charge in [-0.05, 0) is 24.3 Å². The maximum absolute atomic E-state index is 13.0. The van der Waals surface area contributed by atoms with Crippen LogP contribution in [0.4, 0.5) is 13.2 Å². The van der Waals surface area contributed by atoms with Crippen LogP contribution in [-0.4, -0.2) is 70.4 Å². The number of rotatable bonds is 7. The van der Waals surface area contributed by atoms with Gasteiger partial charge in [-0.1, -0.05) is 13.8 Å². The smallest absolute Gasteiger partial charge is 0.406 e. The molecule has 1 saturated heterocycles. The summed E-state index contributed by atoms with van der Waals surface area (Å²) in [5.41, 5.74) is 0.132. The number of alkyl halides is 3. The monoisotopic (exact) mass is 503 g/mol. The molecule has 1 aromatic carbocycles. The lowest BCUT2D eigenvalue weighted by Crippen LogP contribution is -2.49. The van der Waals surface area contributed by atoms with E-state index in [4.69, 9.17) is 0 Å². The lowest BCUT2D eigenvalue weighted by Gasteiger charge is -2.32. The van der Waals surface area contributed by atoms with Crippen LogP contribution in [0.2, 0.25) is 0 Å². The molecule has 2 amide bonds. The molecule has 2 aromatic rings. The maximum atomic E-state index is 13.0. The van der Waals surface area contributed by atoms with Gasteiger partial charge in [-0.15, -0.1) is 36.3 Å². The van der Waals surface area contributed by atoms with Gasteiger partial charge in [0.25, 0.3) is 5.91 Å². The third-order valence-corrected chi connectivity index (χ3v) is 7.08. The van der Waals surface area contributed by atoms with Crippen LogP contribution in [0.1, 0.15) is 23.5 Å². The Morgan fingerprint density at radius 3 is 2.61 bits per heavy atom. The van der Waals surface area contributed by atoms with Crippen molar-refractivity contribution in [3.05, 3.63) is 35.3 Å². The van der Waals surface area contributed by atoms with Gasteiger partial charge < -0.3 is 20.1 Å². The quantitative estimate of drug-likeness (QED) is 0.602. The van der Waals surface area contributed by atoms with Crippen molar-refractivity contribution < 1.29 is 32.6 Å². The second-order valence-electron chi connectivity index (χ2n) is 8.25. The number of thiazole rings is 1. The third kappa shape index (κ3) is 7.08. The van der Waals surface area contributed by atoms with E-state index >= 15 is 0 Å². The molecule has 1 aromatic heterocycles. The summed E-state index contributed by atoms with van der Waals surface area (Å²) in [5, 5.41) is 12.3. The molecule has 1 aliphatic heterocycles. The van der Waals surface area contributed by atoms with Gasteiger partial charge in [-0.3, -0.25) is 9.59 Å². The molecule has 12 heteroatoms. The van der Waals surface area contributed by atoms with Crippen LogP contribution in [0.25, 0.3) is 10.6 Å². The van der Waals surface area contributed by atoms with E-state index in [0.29, 0.717) is 34.3 Å². The number of ether oxygens (including phenoxy) is 1. The molecule has 1 fully saturated rings. The number of benzene rings is 1. The number of halogens is 3. The normalized spacial score (nSPS) is 17.0. The summed E-state index contributed by atoms with van der Waals surface area (Å²) in [5.74, 6) is -0.147. The Bertz CT molecular complexity index is 980. The Morgan fingerprint density at radius 2 is 1.97 bits per heavy atom. The molecule has 2 N–H and O–H groups in total. The van der Waals surface area contributed by atoms with Crippen molar-refractivity contribution in [1.29, 1.82) is 0 Å². The van der Waals surface area contributed by atoms with E-state index in [9.17, 15) is 27.9 Å². The number of aliphatic hydroxyl groups excluding tert-OH is 1. The first kappa shape index (κ1) is 25.3. The van der Waals surface area contributed by atoms with Gasteiger partial charge >= 0.3 is 6.36 Å². The predicted molar refractivity (Wildman–Crippen MR) is 120 cm³/mol. The molecule has 2 heterocycles. The van der Waals surface area contributed by atoms with Crippen LogP contribution in [0, 0.1) is 5.41 Å². The highest BCUT2D eigenvalue weighted by Crippen LogP contribution is 2.30. The fourth-order valence-electron chi connectivity index (χ4n) is 2.95.